The maximum atomic E-state index is 10.4. The first kappa shape index (κ1) is 15.0. The van der Waals surface area contributed by atoms with Gasteiger partial charge in [-0.25, -0.2) is 4.98 Å². The van der Waals surface area contributed by atoms with Crippen molar-refractivity contribution < 1.29 is 5.11 Å². The summed E-state index contributed by atoms with van der Waals surface area (Å²) in [6, 6.07) is 5.89. The number of nitrogens with zero attached hydrogens (tertiary/aromatic N) is 3. The highest BCUT2D eigenvalue weighted by atomic mass is 127. The molecule has 108 valence electrons. The Kier molecular flexibility index (Phi) is 4.34. The van der Waals surface area contributed by atoms with Crippen LogP contribution in [0.4, 0.5) is 0 Å². The fraction of sp³-hybridized carbons (Fsp3) is 0.200. The number of phenolic OH excluding ortho intramolecular Hbond substituents is 1. The predicted molar refractivity (Wildman–Crippen MR) is 100 cm³/mol. The Morgan fingerprint density at radius 3 is 2.86 bits per heavy atom. The van der Waals surface area contributed by atoms with Gasteiger partial charge in [0.1, 0.15) is 17.1 Å². The lowest BCUT2D eigenvalue weighted by molar-refractivity contribution is 0.472. The van der Waals surface area contributed by atoms with Crippen molar-refractivity contribution in [2.24, 2.45) is 0 Å². The molecule has 0 aliphatic carbocycles. The molecule has 1 aromatic carbocycles. The number of pyridine rings is 1. The van der Waals surface area contributed by atoms with Gasteiger partial charge in [0.2, 0.25) is 0 Å². The highest BCUT2D eigenvalue weighted by Gasteiger charge is 2.17. The Morgan fingerprint density at radius 2 is 2.10 bits per heavy atom. The number of rotatable bonds is 3. The molecule has 0 spiro atoms. The number of benzene rings is 1. The van der Waals surface area contributed by atoms with E-state index in [1.807, 2.05) is 18.2 Å². The third-order valence-corrected chi connectivity index (χ3v) is 4.71. The third-order valence-electron chi connectivity index (χ3n) is 3.27. The van der Waals surface area contributed by atoms with Crippen molar-refractivity contribution in [3.63, 3.8) is 0 Å². The van der Waals surface area contributed by atoms with Crippen molar-refractivity contribution >= 4 is 56.2 Å². The Morgan fingerprint density at radius 1 is 1.29 bits per heavy atom. The lowest BCUT2D eigenvalue weighted by atomic mass is 10.2. The monoisotopic (exact) mass is 505 g/mol. The first-order valence-electron chi connectivity index (χ1n) is 6.60. The van der Waals surface area contributed by atoms with Crippen LogP contribution in [-0.4, -0.2) is 19.6 Å². The highest BCUT2D eigenvalue weighted by Crippen LogP contribution is 2.36. The Balaban J connectivity index is 2.32. The Bertz CT molecular complexity index is 814. The summed E-state index contributed by atoms with van der Waals surface area (Å²) in [5.74, 6) is 1.09. The van der Waals surface area contributed by atoms with Crippen molar-refractivity contribution in [3.8, 4) is 17.1 Å². The predicted octanol–water partition coefficient (Wildman–Crippen LogP) is 4.42. The van der Waals surface area contributed by atoms with Gasteiger partial charge in [0.05, 0.1) is 20.8 Å². The van der Waals surface area contributed by atoms with Gasteiger partial charge in [-0.1, -0.05) is 6.92 Å². The van der Waals surface area contributed by atoms with Crippen LogP contribution in [0.3, 0.4) is 0 Å². The van der Waals surface area contributed by atoms with Gasteiger partial charge in [-0.3, -0.25) is 4.98 Å². The molecule has 0 aliphatic heterocycles. The van der Waals surface area contributed by atoms with E-state index in [1.165, 1.54) is 0 Å². The van der Waals surface area contributed by atoms with Gasteiger partial charge in [0.25, 0.3) is 0 Å². The molecule has 21 heavy (non-hydrogen) atoms. The molecule has 2 heterocycles. The first-order valence-corrected chi connectivity index (χ1v) is 8.76. The summed E-state index contributed by atoms with van der Waals surface area (Å²) in [7, 11) is 0. The molecular formula is C15H13I2N3O. The topological polar surface area (TPSA) is 50.9 Å². The van der Waals surface area contributed by atoms with Crippen molar-refractivity contribution in [2.75, 3.05) is 0 Å². The smallest absolute Gasteiger partial charge is 0.145 e. The number of halogens is 2. The second-order valence-electron chi connectivity index (χ2n) is 4.74. The molecule has 6 heteroatoms. The van der Waals surface area contributed by atoms with Gasteiger partial charge in [-0.15, -0.1) is 0 Å². The largest absolute Gasteiger partial charge is 0.506 e. The summed E-state index contributed by atoms with van der Waals surface area (Å²) in [6.45, 7) is 2.99. The minimum Gasteiger partial charge on any atom is -0.506 e. The van der Waals surface area contributed by atoms with Crippen LogP contribution in [0.2, 0.25) is 0 Å². The van der Waals surface area contributed by atoms with Gasteiger partial charge < -0.3 is 9.67 Å². The lowest BCUT2D eigenvalue weighted by Crippen LogP contribution is -2.00. The van der Waals surface area contributed by atoms with E-state index in [2.05, 4.69) is 66.6 Å². The third kappa shape index (κ3) is 2.75. The quantitative estimate of drug-likeness (QED) is 0.537. The standard InChI is InChI=1S/C15H13I2N3O/c1-2-5-20-13-3-4-18-8-12(13)19-15(20)10-6-9(16)7-11(17)14(10)21/h3-4,6-8,21H,2,5H2,1H3. The SMILES string of the molecule is CCCn1c(-c2cc(I)cc(I)c2O)nc2cnccc21. The molecule has 0 radical (unpaired) electrons. The average Bonchev–Trinajstić information content (AvgIpc) is 2.82. The van der Waals surface area contributed by atoms with E-state index in [0.29, 0.717) is 0 Å². The zero-order chi connectivity index (χ0) is 15.0. The maximum Gasteiger partial charge on any atom is 0.145 e. The van der Waals surface area contributed by atoms with E-state index >= 15 is 0 Å². The summed E-state index contributed by atoms with van der Waals surface area (Å²) in [5.41, 5.74) is 2.68. The number of phenols is 1. The van der Waals surface area contributed by atoms with Crippen LogP contribution in [0, 0.1) is 7.14 Å². The summed E-state index contributed by atoms with van der Waals surface area (Å²) >= 11 is 4.41. The maximum absolute atomic E-state index is 10.4. The zero-order valence-corrected chi connectivity index (χ0v) is 15.7. The van der Waals surface area contributed by atoms with Crippen LogP contribution in [0.25, 0.3) is 22.4 Å². The van der Waals surface area contributed by atoms with Crippen molar-refractivity contribution in [1.29, 1.82) is 0 Å². The van der Waals surface area contributed by atoms with Crippen molar-refractivity contribution in [3.05, 3.63) is 37.7 Å². The molecule has 3 aromatic rings. The molecule has 0 unspecified atom stereocenters. The summed E-state index contributed by atoms with van der Waals surface area (Å²) < 4.78 is 4.07. The van der Waals surface area contributed by atoms with E-state index in [0.717, 1.165) is 42.5 Å². The number of aromatic nitrogens is 3. The Hall–Kier alpha value is -0.900. The summed E-state index contributed by atoms with van der Waals surface area (Å²) in [5, 5.41) is 10.4. The van der Waals surface area contributed by atoms with Gasteiger partial charge in [0, 0.05) is 16.3 Å². The number of fused-ring (bicyclic) bond motifs is 1. The van der Waals surface area contributed by atoms with E-state index in [9.17, 15) is 5.11 Å². The molecule has 0 saturated heterocycles. The minimum absolute atomic E-state index is 0.289. The fourth-order valence-electron chi connectivity index (χ4n) is 2.37. The van der Waals surface area contributed by atoms with Crippen LogP contribution in [-0.2, 0) is 6.54 Å². The fourth-order valence-corrected chi connectivity index (χ4v) is 4.22. The molecular weight excluding hydrogens is 492 g/mol. The average molecular weight is 505 g/mol. The van der Waals surface area contributed by atoms with Gasteiger partial charge in [-0.2, -0.15) is 0 Å². The zero-order valence-electron chi connectivity index (χ0n) is 11.3. The minimum atomic E-state index is 0.289. The number of hydrogen-bond acceptors (Lipinski definition) is 3. The van der Waals surface area contributed by atoms with Gasteiger partial charge >= 0.3 is 0 Å². The lowest BCUT2D eigenvalue weighted by Gasteiger charge is -2.10. The first-order chi connectivity index (χ1) is 10.1. The second-order valence-corrected chi connectivity index (χ2v) is 7.14. The van der Waals surface area contributed by atoms with Gasteiger partial charge in [-0.05, 0) is 69.8 Å². The molecule has 0 amide bonds. The Labute approximate surface area is 149 Å². The van der Waals surface area contributed by atoms with Crippen molar-refractivity contribution in [1.82, 2.24) is 14.5 Å². The van der Waals surface area contributed by atoms with Gasteiger partial charge in [0.15, 0.2) is 0 Å². The van der Waals surface area contributed by atoms with Crippen LogP contribution in [0.5, 0.6) is 5.75 Å². The molecule has 4 nitrogen and oxygen atoms in total. The number of aromatic hydroxyl groups is 1. The summed E-state index contributed by atoms with van der Waals surface area (Å²) in [4.78, 5) is 8.82. The van der Waals surface area contributed by atoms with E-state index in [1.54, 1.807) is 12.4 Å². The molecule has 2 aromatic heterocycles. The normalized spacial score (nSPS) is 11.2. The number of imidazole rings is 1. The number of aryl methyl sites for hydroxylation is 1. The molecule has 0 aliphatic rings. The van der Waals surface area contributed by atoms with E-state index < -0.39 is 0 Å². The highest BCUT2D eigenvalue weighted by molar-refractivity contribution is 14.1. The van der Waals surface area contributed by atoms with Crippen LogP contribution < -0.4 is 0 Å². The van der Waals surface area contributed by atoms with Crippen molar-refractivity contribution in [2.45, 2.75) is 19.9 Å². The number of hydrogen-bond donors (Lipinski definition) is 1. The van der Waals surface area contributed by atoms with E-state index in [4.69, 9.17) is 0 Å². The molecule has 0 fully saturated rings. The van der Waals surface area contributed by atoms with E-state index in [-0.39, 0.29) is 5.75 Å². The molecule has 0 bridgehead atoms. The second kappa shape index (κ2) is 6.07. The van der Waals surface area contributed by atoms with Crippen LogP contribution >= 0.6 is 45.2 Å². The molecule has 1 N–H and O–H groups in total. The summed E-state index contributed by atoms with van der Waals surface area (Å²) in [6.07, 6.45) is 4.54. The molecule has 0 saturated carbocycles. The molecule has 0 atom stereocenters. The molecule has 3 rings (SSSR count). The van der Waals surface area contributed by atoms with Crippen LogP contribution in [0.1, 0.15) is 13.3 Å². The van der Waals surface area contributed by atoms with Crippen LogP contribution in [0.15, 0.2) is 30.6 Å².